The second kappa shape index (κ2) is 6.06. The van der Waals surface area contributed by atoms with Crippen molar-refractivity contribution in [3.63, 3.8) is 0 Å². The molecule has 0 aromatic carbocycles. The highest BCUT2D eigenvalue weighted by atomic mass is 31.2. The molecule has 0 saturated carbocycles. The van der Waals surface area contributed by atoms with Gasteiger partial charge in [-0.05, 0) is 0 Å². The van der Waals surface area contributed by atoms with E-state index < -0.39 is 40.2 Å². The molecule has 6 atom stereocenters. The Labute approximate surface area is 113 Å². The van der Waals surface area contributed by atoms with Crippen molar-refractivity contribution in [3.05, 3.63) is 0 Å². The largest absolute Gasteiger partial charge is 0.513 e. The molecule has 2 aliphatic rings. The Morgan fingerprint density at radius 2 is 1.20 bits per heavy atom. The van der Waals surface area contributed by atoms with Gasteiger partial charge in [-0.3, -0.25) is 18.1 Å². The predicted molar refractivity (Wildman–Crippen MR) is 60.7 cm³/mol. The Morgan fingerprint density at radius 1 is 0.850 bits per heavy atom. The molecule has 0 N–H and O–H groups in total. The lowest BCUT2D eigenvalue weighted by atomic mass is 10.0. The van der Waals surface area contributed by atoms with Gasteiger partial charge < -0.3 is 9.47 Å². The first-order valence-corrected chi connectivity index (χ1v) is 8.45. The lowest BCUT2D eigenvalue weighted by molar-refractivity contribution is -0.168. The second-order valence-electron chi connectivity index (χ2n) is 4.20. The standard InChI is InChI=1S/C8H14F2O8P2/c1-13-3-5-7-8(18-19(9,11)15-5)6(4-14-2)16-20(10,12)17-7/h5-8H,3-4H2,1-2H3. The number of methoxy groups -OCH3 is 2. The minimum absolute atomic E-state index is 0.252. The molecule has 2 saturated heterocycles. The average Bonchev–Trinajstić information content (AvgIpc) is 2.30. The molecular formula is C8H14F2O8P2. The van der Waals surface area contributed by atoms with Gasteiger partial charge in [0.1, 0.15) is 24.4 Å². The van der Waals surface area contributed by atoms with Gasteiger partial charge in [-0.2, -0.15) is 0 Å². The fourth-order valence-corrected chi connectivity index (χ4v) is 4.24. The fraction of sp³-hybridized carbons (Fsp3) is 1.00. The van der Waals surface area contributed by atoms with Gasteiger partial charge in [-0.25, -0.2) is 9.13 Å². The molecule has 0 aliphatic carbocycles. The number of rotatable bonds is 4. The third-order valence-electron chi connectivity index (χ3n) is 2.74. The van der Waals surface area contributed by atoms with Crippen LogP contribution in [0.5, 0.6) is 0 Å². The van der Waals surface area contributed by atoms with Gasteiger partial charge in [0.05, 0.1) is 13.2 Å². The van der Waals surface area contributed by atoms with Gasteiger partial charge in [0.25, 0.3) is 0 Å². The van der Waals surface area contributed by atoms with E-state index in [9.17, 15) is 17.5 Å². The number of hydrogen-bond acceptors (Lipinski definition) is 8. The maximum atomic E-state index is 13.6. The van der Waals surface area contributed by atoms with E-state index in [1.165, 1.54) is 14.2 Å². The summed E-state index contributed by atoms with van der Waals surface area (Å²) in [7, 11) is -7.19. The van der Waals surface area contributed by atoms with Crippen LogP contribution in [-0.2, 0) is 36.7 Å². The van der Waals surface area contributed by atoms with E-state index in [1.54, 1.807) is 0 Å². The van der Waals surface area contributed by atoms with Gasteiger partial charge >= 0.3 is 15.8 Å². The van der Waals surface area contributed by atoms with E-state index in [0.29, 0.717) is 0 Å². The molecule has 0 radical (unpaired) electrons. The van der Waals surface area contributed by atoms with Crippen molar-refractivity contribution in [2.75, 3.05) is 27.4 Å². The zero-order chi connectivity index (χ0) is 15.0. The molecule has 0 aromatic heterocycles. The molecule has 2 fully saturated rings. The van der Waals surface area contributed by atoms with Crippen LogP contribution in [0, 0.1) is 0 Å². The van der Waals surface area contributed by atoms with Crippen molar-refractivity contribution in [1.82, 2.24) is 0 Å². The smallest absolute Gasteiger partial charge is 0.382 e. The zero-order valence-electron chi connectivity index (χ0n) is 10.6. The van der Waals surface area contributed by atoms with Crippen molar-refractivity contribution < 1.29 is 45.1 Å². The molecule has 8 nitrogen and oxygen atoms in total. The highest BCUT2D eigenvalue weighted by Gasteiger charge is 2.57. The predicted octanol–water partition coefficient (Wildman–Crippen LogP) is 2.00. The van der Waals surface area contributed by atoms with E-state index in [1.807, 2.05) is 0 Å². The molecule has 12 heteroatoms. The normalized spacial score (nSPS) is 48.8. The molecule has 0 bridgehead atoms. The average molecular weight is 338 g/mol. The maximum Gasteiger partial charge on any atom is 0.513 e. The van der Waals surface area contributed by atoms with E-state index in [-0.39, 0.29) is 13.2 Å². The lowest BCUT2D eigenvalue weighted by Crippen LogP contribution is -2.55. The van der Waals surface area contributed by atoms with Gasteiger partial charge in [-0.15, -0.1) is 8.39 Å². The van der Waals surface area contributed by atoms with E-state index in [0.717, 1.165) is 0 Å². The highest BCUT2D eigenvalue weighted by molar-refractivity contribution is 7.48. The van der Waals surface area contributed by atoms with Crippen LogP contribution in [0.1, 0.15) is 0 Å². The fourth-order valence-electron chi connectivity index (χ4n) is 2.04. The number of fused-ring (bicyclic) bond motifs is 1. The van der Waals surface area contributed by atoms with Gasteiger partial charge in [0.15, 0.2) is 0 Å². The molecule has 118 valence electrons. The van der Waals surface area contributed by atoms with Crippen LogP contribution in [0.25, 0.3) is 0 Å². The van der Waals surface area contributed by atoms with Crippen molar-refractivity contribution in [2.24, 2.45) is 0 Å². The summed E-state index contributed by atoms with van der Waals surface area (Å²) >= 11 is 0. The van der Waals surface area contributed by atoms with Crippen LogP contribution in [0.3, 0.4) is 0 Å². The molecule has 2 rings (SSSR count). The molecule has 0 spiro atoms. The Balaban J connectivity index is 2.28. The number of halogens is 2. The van der Waals surface area contributed by atoms with Crippen LogP contribution in [0.15, 0.2) is 0 Å². The summed E-state index contributed by atoms with van der Waals surface area (Å²) in [6, 6.07) is 0. The summed E-state index contributed by atoms with van der Waals surface area (Å²) in [6.45, 7) is -0.504. The first-order chi connectivity index (χ1) is 9.28. The van der Waals surface area contributed by atoms with Crippen molar-refractivity contribution in [3.8, 4) is 0 Å². The molecule has 20 heavy (non-hydrogen) atoms. The maximum absolute atomic E-state index is 13.6. The first kappa shape index (κ1) is 16.5. The van der Waals surface area contributed by atoms with Crippen LogP contribution >= 0.6 is 15.8 Å². The van der Waals surface area contributed by atoms with Crippen LogP contribution < -0.4 is 0 Å². The Bertz CT molecular complexity index is 408. The lowest BCUT2D eigenvalue weighted by Gasteiger charge is -2.44. The second-order valence-corrected chi connectivity index (χ2v) is 6.77. The number of hydrogen-bond donors (Lipinski definition) is 0. The van der Waals surface area contributed by atoms with Crippen molar-refractivity contribution >= 4 is 15.8 Å². The molecule has 2 aliphatic heterocycles. The minimum atomic E-state index is -4.87. The van der Waals surface area contributed by atoms with Crippen molar-refractivity contribution in [2.45, 2.75) is 24.4 Å². The summed E-state index contributed by atoms with van der Waals surface area (Å²) in [5.41, 5.74) is 0. The summed E-state index contributed by atoms with van der Waals surface area (Å²) in [5, 5.41) is 0. The number of ether oxygens (including phenoxy) is 2. The van der Waals surface area contributed by atoms with E-state index >= 15 is 0 Å². The molecule has 2 heterocycles. The van der Waals surface area contributed by atoms with Crippen LogP contribution in [-0.4, -0.2) is 51.8 Å². The molecule has 0 amide bonds. The summed E-state index contributed by atoms with van der Waals surface area (Å²) in [5.74, 6) is 0. The van der Waals surface area contributed by atoms with Gasteiger partial charge in [0, 0.05) is 14.2 Å². The summed E-state index contributed by atoms with van der Waals surface area (Å²) in [6.07, 6.45) is -5.08. The summed E-state index contributed by atoms with van der Waals surface area (Å²) in [4.78, 5) is 0. The topological polar surface area (TPSA) is 89.5 Å². The van der Waals surface area contributed by atoms with Crippen LogP contribution in [0.2, 0.25) is 0 Å². The van der Waals surface area contributed by atoms with Crippen LogP contribution in [0.4, 0.5) is 8.39 Å². The van der Waals surface area contributed by atoms with Gasteiger partial charge in [0.2, 0.25) is 0 Å². The third kappa shape index (κ3) is 3.64. The summed E-state index contributed by atoms with van der Waals surface area (Å²) < 4.78 is 77.7. The van der Waals surface area contributed by atoms with E-state index in [4.69, 9.17) is 9.47 Å². The molecule has 6 unspecified atom stereocenters. The Hall–Kier alpha value is 0.0800. The van der Waals surface area contributed by atoms with Gasteiger partial charge in [-0.1, -0.05) is 0 Å². The monoisotopic (exact) mass is 338 g/mol. The quantitative estimate of drug-likeness (QED) is 0.719. The zero-order valence-corrected chi connectivity index (χ0v) is 12.4. The van der Waals surface area contributed by atoms with E-state index in [2.05, 4.69) is 18.1 Å². The van der Waals surface area contributed by atoms with Crippen molar-refractivity contribution in [1.29, 1.82) is 0 Å². The SMILES string of the molecule is COCC1OP(=O)(F)OC2C(COC)OP(=O)(F)OC12. The molecule has 0 aromatic rings. The Kier molecular flexibility index (Phi) is 4.98. The Morgan fingerprint density at radius 3 is 1.50 bits per heavy atom. The highest BCUT2D eigenvalue weighted by Crippen LogP contribution is 2.63. The first-order valence-electron chi connectivity index (χ1n) is 5.59. The third-order valence-corrected chi connectivity index (χ3v) is 4.77. The minimum Gasteiger partial charge on any atom is -0.382 e. The molecular weight excluding hydrogens is 324 g/mol.